The summed E-state index contributed by atoms with van der Waals surface area (Å²) in [7, 11) is -3.74. The van der Waals surface area contributed by atoms with E-state index in [2.05, 4.69) is 12.6 Å². The van der Waals surface area contributed by atoms with E-state index >= 15 is 0 Å². The quantitative estimate of drug-likeness (QED) is 0.446. The van der Waals surface area contributed by atoms with Crippen LogP contribution in [0.15, 0.2) is 80.9 Å². The number of nitrogens with zero attached hydrogens (tertiary/aromatic N) is 1. The number of rotatable bonds is 5. The van der Waals surface area contributed by atoms with Gasteiger partial charge in [-0.25, -0.2) is 13.6 Å². The first-order chi connectivity index (χ1) is 14.3. The highest BCUT2D eigenvalue weighted by Crippen LogP contribution is 2.39. The third-order valence-electron chi connectivity index (χ3n) is 4.53. The van der Waals surface area contributed by atoms with Gasteiger partial charge in [-0.05, 0) is 42.0 Å². The molecule has 0 saturated carbocycles. The molecule has 1 saturated heterocycles. The molecule has 0 spiro atoms. The highest BCUT2D eigenvalue weighted by molar-refractivity contribution is 8.14. The second-order valence-corrected chi connectivity index (χ2v) is 10.2. The van der Waals surface area contributed by atoms with Crippen LogP contribution in [0.4, 0.5) is 0 Å². The Kier molecular flexibility index (Phi) is 5.79. The first-order valence-electron chi connectivity index (χ1n) is 8.96. The summed E-state index contributed by atoms with van der Waals surface area (Å²) in [5.41, 5.74) is 1.74. The molecule has 1 fully saturated rings. The molecule has 1 amide bonds. The molecule has 2 heterocycles. The average molecular weight is 459 g/mol. The standard InChI is InChI=1S/C21H18N2O4S3/c22-30(25,26)17-9-6-15(7-10-17)18-11-8-16(27-18)12-19-20(24)23(21(28)29-19)13-14-4-2-1-3-5-14/h1-12,21,28H,13H2,(H2,22,25,26)/b19-12-. The number of nitrogens with two attached hydrogens (primary N) is 1. The van der Waals surface area contributed by atoms with Crippen LogP contribution in [0.3, 0.4) is 0 Å². The fourth-order valence-corrected chi connectivity index (χ4v) is 4.99. The summed E-state index contributed by atoms with van der Waals surface area (Å²) >= 11 is 5.90. The highest BCUT2D eigenvalue weighted by atomic mass is 32.2. The minimum absolute atomic E-state index is 0.0337. The van der Waals surface area contributed by atoms with Gasteiger partial charge in [0.15, 0.2) is 0 Å². The van der Waals surface area contributed by atoms with E-state index in [1.165, 1.54) is 23.9 Å². The third kappa shape index (κ3) is 4.49. The molecule has 2 N–H and O–H groups in total. The van der Waals surface area contributed by atoms with E-state index in [1.54, 1.807) is 35.2 Å². The van der Waals surface area contributed by atoms with Crippen molar-refractivity contribution in [3.05, 3.63) is 83.0 Å². The predicted octanol–water partition coefficient (Wildman–Crippen LogP) is 3.92. The van der Waals surface area contributed by atoms with Gasteiger partial charge in [0.25, 0.3) is 5.91 Å². The lowest BCUT2D eigenvalue weighted by Crippen LogP contribution is -2.28. The van der Waals surface area contributed by atoms with Gasteiger partial charge < -0.3 is 9.32 Å². The van der Waals surface area contributed by atoms with Crippen molar-refractivity contribution < 1.29 is 17.6 Å². The molecule has 6 nitrogen and oxygen atoms in total. The van der Waals surface area contributed by atoms with Crippen LogP contribution < -0.4 is 5.14 Å². The number of benzene rings is 2. The van der Waals surface area contributed by atoms with Crippen LogP contribution in [0.1, 0.15) is 11.3 Å². The second-order valence-electron chi connectivity index (χ2n) is 6.64. The molecule has 30 heavy (non-hydrogen) atoms. The molecule has 0 bridgehead atoms. The minimum atomic E-state index is -3.74. The number of hydrogen-bond donors (Lipinski definition) is 2. The number of hydrogen-bond acceptors (Lipinski definition) is 6. The maximum atomic E-state index is 12.8. The van der Waals surface area contributed by atoms with Gasteiger partial charge in [-0.3, -0.25) is 4.79 Å². The molecule has 4 rings (SSSR count). The summed E-state index contributed by atoms with van der Waals surface area (Å²) in [4.78, 5) is 15.1. The van der Waals surface area contributed by atoms with Gasteiger partial charge in [0, 0.05) is 18.2 Å². The Bertz CT molecular complexity index is 1200. The highest BCUT2D eigenvalue weighted by Gasteiger charge is 2.34. The predicted molar refractivity (Wildman–Crippen MR) is 121 cm³/mol. The van der Waals surface area contributed by atoms with Gasteiger partial charge in [0.1, 0.15) is 16.2 Å². The number of furan rings is 1. The summed E-state index contributed by atoms with van der Waals surface area (Å²) in [5.74, 6) is 0.986. The Morgan fingerprint density at radius 3 is 2.43 bits per heavy atom. The third-order valence-corrected chi connectivity index (χ3v) is 7.07. The largest absolute Gasteiger partial charge is 0.457 e. The van der Waals surface area contributed by atoms with Gasteiger partial charge in [-0.15, -0.1) is 12.6 Å². The van der Waals surface area contributed by atoms with Gasteiger partial charge in [-0.1, -0.05) is 42.1 Å². The fraction of sp³-hybridized carbons (Fsp3) is 0.0952. The Labute approximate surface area is 184 Å². The molecule has 2 aromatic carbocycles. The normalized spacial score (nSPS) is 18.3. The van der Waals surface area contributed by atoms with Crippen LogP contribution in [-0.2, 0) is 21.4 Å². The van der Waals surface area contributed by atoms with Crippen LogP contribution in [0, 0.1) is 0 Å². The number of carbonyl (C=O) groups is 1. The zero-order chi connectivity index (χ0) is 21.3. The van der Waals surface area contributed by atoms with E-state index in [0.717, 1.165) is 5.56 Å². The van der Waals surface area contributed by atoms with Crippen molar-refractivity contribution in [1.29, 1.82) is 0 Å². The molecular formula is C21H18N2O4S3. The van der Waals surface area contributed by atoms with E-state index in [1.807, 2.05) is 30.3 Å². The van der Waals surface area contributed by atoms with Gasteiger partial charge in [-0.2, -0.15) is 0 Å². The van der Waals surface area contributed by atoms with Crippen molar-refractivity contribution in [2.75, 3.05) is 0 Å². The SMILES string of the molecule is NS(=O)(=O)c1ccc(-c2ccc(/C=C3\SC(S)N(Cc4ccccc4)C3=O)o2)cc1. The maximum Gasteiger partial charge on any atom is 0.262 e. The number of primary sulfonamides is 1. The Balaban J connectivity index is 1.52. The number of amides is 1. The summed E-state index contributed by atoms with van der Waals surface area (Å²) in [5, 5.41) is 5.12. The molecule has 0 radical (unpaired) electrons. The smallest absolute Gasteiger partial charge is 0.262 e. The molecule has 0 aliphatic carbocycles. The van der Waals surface area contributed by atoms with Crippen LogP contribution in [-0.4, -0.2) is 23.9 Å². The van der Waals surface area contributed by atoms with Crippen LogP contribution >= 0.6 is 24.4 Å². The van der Waals surface area contributed by atoms with E-state index in [-0.39, 0.29) is 15.5 Å². The second kappa shape index (κ2) is 8.35. The summed E-state index contributed by atoms with van der Waals surface area (Å²) in [6, 6.07) is 19.4. The average Bonchev–Trinajstić information content (AvgIpc) is 3.29. The fourth-order valence-electron chi connectivity index (χ4n) is 3.02. The van der Waals surface area contributed by atoms with Crippen molar-refractivity contribution in [3.8, 4) is 11.3 Å². The van der Waals surface area contributed by atoms with E-state index < -0.39 is 10.0 Å². The Morgan fingerprint density at radius 2 is 1.77 bits per heavy atom. The van der Waals surface area contributed by atoms with Crippen molar-refractivity contribution in [2.24, 2.45) is 5.14 Å². The monoisotopic (exact) mass is 458 g/mol. The Hall–Kier alpha value is -2.46. The van der Waals surface area contributed by atoms with Gasteiger partial charge in [0.2, 0.25) is 10.0 Å². The first-order valence-corrected chi connectivity index (χ1v) is 11.9. The molecule has 1 atom stereocenters. The van der Waals surface area contributed by atoms with Crippen molar-refractivity contribution in [1.82, 2.24) is 4.90 Å². The lowest BCUT2D eigenvalue weighted by Gasteiger charge is -2.19. The van der Waals surface area contributed by atoms with Crippen molar-refractivity contribution >= 4 is 46.4 Å². The number of thiol groups is 1. The van der Waals surface area contributed by atoms with E-state index in [0.29, 0.717) is 28.5 Å². The van der Waals surface area contributed by atoms with Crippen molar-refractivity contribution in [2.45, 2.75) is 16.1 Å². The molecule has 1 aromatic heterocycles. The maximum absolute atomic E-state index is 12.8. The van der Waals surface area contributed by atoms with Crippen molar-refractivity contribution in [3.63, 3.8) is 0 Å². The summed E-state index contributed by atoms with van der Waals surface area (Å²) < 4.78 is 28.3. The lowest BCUT2D eigenvalue weighted by atomic mass is 10.2. The Morgan fingerprint density at radius 1 is 1.07 bits per heavy atom. The van der Waals surface area contributed by atoms with Gasteiger partial charge >= 0.3 is 0 Å². The molecule has 9 heteroatoms. The zero-order valence-electron chi connectivity index (χ0n) is 15.6. The first kappa shape index (κ1) is 20.8. The number of sulfonamides is 1. The minimum Gasteiger partial charge on any atom is -0.457 e. The molecule has 1 aliphatic heterocycles. The van der Waals surface area contributed by atoms with Crippen LogP contribution in [0.25, 0.3) is 17.4 Å². The molecule has 1 unspecified atom stereocenters. The molecule has 1 aliphatic rings. The molecular weight excluding hydrogens is 440 g/mol. The van der Waals surface area contributed by atoms with E-state index in [9.17, 15) is 13.2 Å². The lowest BCUT2D eigenvalue weighted by molar-refractivity contribution is -0.125. The summed E-state index contributed by atoms with van der Waals surface area (Å²) in [6.07, 6.45) is 1.70. The van der Waals surface area contributed by atoms with Crippen LogP contribution in [0.5, 0.6) is 0 Å². The number of thioether (sulfide) groups is 1. The topological polar surface area (TPSA) is 93.6 Å². The number of carbonyl (C=O) groups excluding carboxylic acids is 1. The summed E-state index contributed by atoms with van der Waals surface area (Å²) in [6.45, 7) is 0.484. The van der Waals surface area contributed by atoms with Gasteiger partial charge in [0.05, 0.1) is 9.80 Å². The van der Waals surface area contributed by atoms with Crippen LogP contribution in [0.2, 0.25) is 0 Å². The molecule has 154 valence electrons. The van der Waals surface area contributed by atoms with E-state index in [4.69, 9.17) is 9.56 Å². The zero-order valence-corrected chi connectivity index (χ0v) is 18.2. The molecule has 3 aromatic rings.